The van der Waals surface area contributed by atoms with Crippen molar-refractivity contribution in [2.45, 2.75) is 30.7 Å². The van der Waals surface area contributed by atoms with E-state index in [1.807, 2.05) is 13.8 Å². The maximum absolute atomic E-state index is 12.6. The van der Waals surface area contributed by atoms with Crippen molar-refractivity contribution >= 4 is 36.9 Å². The number of rotatable bonds is 5. The number of sulfonamides is 1. The highest BCUT2D eigenvalue weighted by molar-refractivity contribution is 9.09. The quantitative estimate of drug-likeness (QED) is 0.837. The number of hydrogen-bond acceptors (Lipinski definition) is 3. The van der Waals surface area contributed by atoms with Crippen molar-refractivity contribution in [2.75, 3.05) is 5.33 Å². The Balaban J connectivity index is 2.47. The Morgan fingerprint density at radius 2 is 2.00 bits per heavy atom. The Kier molecular flexibility index (Phi) is 4.46. The Labute approximate surface area is 127 Å². The van der Waals surface area contributed by atoms with E-state index in [0.29, 0.717) is 17.3 Å². The minimum absolute atomic E-state index is 0.269. The monoisotopic (exact) mass is 356 g/mol. The van der Waals surface area contributed by atoms with Crippen molar-refractivity contribution in [2.24, 2.45) is 0 Å². The number of benzene rings is 1. The first-order valence-corrected chi connectivity index (χ1v) is 8.90. The van der Waals surface area contributed by atoms with Crippen LogP contribution in [0, 0.1) is 0 Å². The molecule has 108 valence electrons. The van der Waals surface area contributed by atoms with Crippen LogP contribution in [0.2, 0.25) is 0 Å². The molecule has 0 amide bonds. The normalized spacial score (nSPS) is 12.8. The summed E-state index contributed by atoms with van der Waals surface area (Å²) in [6, 6.07) is 8.63. The van der Waals surface area contributed by atoms with Crippen LogP contribution in [0.15, 0.2) is 41.4 Å². The van der Waals surface area contributed by atoms with Gasteiger partial charge in [-0.25, -0.2) is 13.1 Å². The van der Waals surface area contributed by atoms with Gasteiger partial charge in [0.25, 0.3) is 0 Å². The summed E-state index contributed by atoms with van der Waals surface area (Å²) in [5.74, 6) is 0. The zero-order valence-electron chi connectivity index (χ0n) is 11.4. The van der Waals surface area contributed by atoms with Gasteiger partial charge < -0.3 is 0 Å². The topological polar surface area (TPSA) is 59.1 Å². The van der Waals surface area contributed by atoms with Crippen LogP contribution in [0.5, 0.6) is 0 Å². The maximum atomic E-state index is 12.6. The van der Waals surface area contributed by atoms with Crippen LogP contribution in [-0.2, 0) is 10.0 Å². The minimum Gasteiger partial charge on any atom is -0.256 e. The Hall–Kier alpha value is -0.980. The average molecular weight is 357 g/mol. The van der Waals surface area contributed by atoms with Gasteiger partial charge in [0.15, 0.2) is 0 Å². The molecule has 4 nitrogen and oxygen atoms in total. The zero-order valence-corrected chi connectivity index (χ0v) is 13.8. The third kappa shape index (κ3) is 3.37. The van der Waals surface area contributed by atoms with Crippen molar-refractivity contribution in [3.63, 3.8) is 0 Å². The van der Waals surface area contributed by atoms with Gasteiger partial charge in [-0.15, -0.1) is 0 Å². The lowest BCUT2D eigenvalue weighted by atomic mass is 10.0. The van der Waals surface area contributed by atoms with Crippen molar-refractivity contribution in [1.29, 1.82) is 0 Å². The van der Waals surface area contributed by atoms with Crippen LogP contribution in [-0.4, -0.2) is 24.3 Å². The second-order valence-electron chi connectivity index (χ2n) is 5.25. The Bertz CT molecular complexity index is 709. The van der Waals surface area contributed by atoms with Crippen molar-refractivity contribution in [3.05, 3.63) is 36.5 Å². The van der Waals surface area contributed by atoms with Crippen molar-refractivity contribution in [3.8, 4) is 0 Å². The van der Waals surface area contributed by atoms with E-state index >= 15 is 0 Å². The molecule has 0 bridgehead atoms. The van der Waals surface area contributed by atoms with Gasteiger partial charge in [-0.3, -0.25) is 4.98 Å². The Morgan fingerprint density at radius 1 is 1.25 bits per heavy atom. The van der Waals surface area contributed by atoms with Gasteiger partial charge >= 0.3 is 0 Å². The molecule has 0 unspecified atom stereocenters. The van der Waals surface area contributed by atoms with Gasteiger partial charge in [0.05, 0.1) is 10.4 Å². The fourth-order valence-corrected chi connectivity index (χ4v) is 4.67. The first kappa shape index (κ1) is 15.4. The summed E-state index contributed by atoms with van der Waals surface area (Å²) in [4.78, 5) is 4.46. The van der Waals surface area contributed by atoms with E-state index in [0.717, 1.165) is 5.33 Å². The molecular formula is C14H17BrN2O2S. The first-order chi connectivity index (χ1) is 9.36. The lowest BCUT2D eigenvalue weighted by Gasteiger charge is -2.25. The highest BCUT2D eigenvalue weighted by Gasteiger charge is 2.26. The van der Waals surface area contributed by atoms with Crippen LogP contribution >= 0.6 is 15.9 Å². The van der Waals surface area contributed by atoms with E-state index in [9.17, 15) is 8.42 Å². The molecule has 2 aromatic rings. The van der Waals surface area contributed by atoms with Crippen LogP contribution in [0.3, 0.4) is 0 Å². The summed E-state index contributed by atoms with van der Waals surface area (Å²) in [5.41, 5.74) is 0.167. The molecule has 0 saturated heterocycles. The largest absolute Gasteiger partial charge is 0.256 e. The fourth-order valence-electron chi connectivity index (χ4n) is 2.02. The van der Waals surface area contributed by atoms with E-state index in [2.05, 4.69) is 25.6 Å². The molecule has 1 aromatic carbocycles. The molecule has 20 heavy (non-hydrogen) atoms. The third-order valence-electron chi connectivity index (χ3n) is 3.03. The van der Waals surface area contributed by atoms with Gasteiger partial charge in [0.2, 0.25) is 10.0 Å². The summed E-state index contributed by atoms with van der Waals surface area (Å²) < 4.78 is 27.9. The van der Waals surface area contributed by atoms with Gasteiger partial charge in [0.1, 0.15) is 0 Å². The molecule has 1 N–H and O–H groups in total. The SMILES string of the molecule is CC(C)(CCBr)NS(=O)(=O)c1cccc2ncccc12. The van der Waals surface area contributed by atoms with Gasteiger partial charge in [-0.05, 0) is 44.5 Å². The smallest absolute Gasteiger partial charge is 0.241 e. The van der Waals surface area contributed by atoms with E-state index in [-0.39, 0.29) is 4.90 Å². The number of pyridine rings is 1. The lowest BCUT2D eigenvalue weighted by Crippen LogP contribution is -2.43. The number of fused-ring (bicyclic) bond motifs is 1. The van der Waals surface area contributed by atoms with Gasteiger partial charge in [0, 0.05) is 22.5 Å². The summed E-state index contributed by atoms with van der Waals surface area (Å²) in [7, 11) is -3.58. The number of aromatic nitrogens is 1. The zero-order chi connectivity index (χ0) is 14.8. The lowest BCUT2D eigenvalue weighted by molar-refractivity contribution is 0.444. The number of alkyl halides is 1. The second kappa shape index (κ2) is 5.79. The molecule has 0 atom stereocenters. The predicted octanol–water partition coefficient (Wildman–Crippen LogP) is 3.08. The third-order valence-corrected chi connectivity index (χ3v) is 5.18. The first-order valence-electron chi connectivity index (χ1n) is 6.29. The van der Waals surface area contributed by atoms with Crippen LogP contribution < -0.4 is 4.72 Å². The fraction of sp³-hybridized carbons (Fsp3) is 0.357. The number of nitrogens with zero attached hydrogens (tertiary/aromatic N) is 1. The minimum atomic E-state index is -3.58. The molecule has 0 aliphatic carbocycles. The van der Waals surface area contributed by atoms with Crippen molar-refractivity contribution < 1.29 is 8.42 Å². The van der Waals surface area contributed by atoms with E-state index in [4.69, 9.17) is 0 Å². The van der Waals surface area contributed by atoms with E-state index in [1.54, 1.807) is 36.5 Å². The van der Waals surface area contributed by atoms with Gasteiger partial charge in [-0.2, -0.15) is 0 Å². The molecule has 0 aliphatic rings. The molecule has 1 aromatic heterocycles. The summed E-state index contributed by atoms with van der Waals surface area (Å²) in [6.45, 7) is 3.74. The summed E-state index contributed by atoms with van der Waals surface area (Å²) in [5, 5.41) is 1.37. The van der Waals surface area contributed by atoms with Gasteiger partial charge in [-0.1, -0.05) is 22.0 Å². The molecule has 6 heteroatoms. The average Bonchev–Trinajstić information content (AvgIpc) is 2.36. The number of hydrogen-bond donors (Lipinski definition) is 1. The molecule has 0 fully saturated rings. The van der Waals surface area contributed by atoms with E-state index < -0.39 is 15.6 Å². The maximum Gasteiger partial charge on any atom is 0.241 e. The highest BCUT2D eigenvalue weighted by Crippen LogP contribution is 2.23. The molecule has 0 spiro atoms. The molecule has 0 radical (unpaired) electrons. The van der Waals surface area contributed by atoms with Crippen LogP contribution in [0.1, 0.15) is 20.3 Å². The van der Waals surface area contributed by atoms with Crippen LogP contribution in [0.4, 0.5) is 0 Å². The predicted molar refractivity (Wildman–Crippen MR) is 84.6 cm³/mol. The van der Waals surface area contributed by atoms with Crippen LogP contribution in [0.25, 0.3) is 10.9 Å². The highest BCUT2D eigenvalue weighted by atomic mass is 79.9. The Morgan fingerprint density at radius 3 is 2.70 bits per heavy atom. The molecule has 0 aliphatic heterocycles. The molecule has 2 rings (SSSR count). The molecule has 0 saturated carbocycles. The summed E-state index contributed by atoms with van der Waals surface area (Å²) in [6.07, 6.45) is 2.36. The molecular weight excluding hydrogens is 340 g/mol. The van der Waals surface area contributed by atoms with Crippen molar-refractivity contribution in [1.82, 2.24) is 9.71 Å². The number of nitrogens with one attached hydrogen (secondary N) is 1. The number of halogens is 1. The summed E-state index contributed by atoms with van der Waals surface area (Å²) >= 11 is 3.34. The van der Waals surface area contributed by atoms with E-state index in [1.165, 1.54) is 0 Å². The standard InChI is InChI=1S/C14H17BrN2O2S/c1-14(2,8-9-15)17-20(18,19)13-7-3-6-12-11(13)5-4-10-16-12/h3-7,10,17H,8-9H2,1-2H3. The second-order valence-corrected chi connectivity index (χ2v) is 7.70. The molecule has 1 heterocycles.